The van der Waals surface area contributed by atoms with E-state index in [0.29, 0.717) is 42.1 Å². The van der Waals surface area contributed by atoms with E-state index in [1.807, 2.05) is 54.2 Å². The zero-order valence-corrected chi connectivity index (χ0v) is 18.2. The summed E-state index contributed by atoms with van der Waals surface area (Å²) in [5, 5.41) is 13.8. The molecular weight excluding hydrogens is 412 g/mol. The monoisotopic (exact) mass is 434 g/mol. The summed E-state index contributed by atoms with van der Waals surface area (Å²) in [6.07, 6.45) is 4.36. The SMILES string of the molecule is Cc1cc2c(cc1Cc1ccc(-n3cccn3)cc1)C(=O)N(c1ccccc1C#N)CCO2. The van der Waals surface area contributed by atoms with Gasteiger partial charge >= 0.3 is 0 Å². The molecule has 0 saturated carbocycles. The van der Waals surface area contributed by atoms with Crippen LogP contribution in [0.4, 0.5) is 5.69 Å². The lowest BCUT2D eigenvalue weighted by Crippen LogP contribution is -2.33. The zero-order valence-electron chi connectivity index (χ0n) is 18.2. The molecule has 4 aromatic rings. The molecule has 1 aromatic heterocycles. The van der Waals surface area contributed by atoms with E-state index in [1.165, 1.54) is 0 Å². The molecule has 0 atom stereocenters. The third-order valence-electron chi connectivity index (χ3n) is 5.90. The van der Waals surface area contributed by atoms with Gasteiger partial charge in [0.25, 0.3) is 5.91 Å². The van der Waals surface area contributed by atoms with Gasteiger partial charge in [0.05, 0.1) is 29.0 Å². The van der Waals surface area contributed by atoms with E-state index in [0.717, 1.165) is 22.4 Å². The largest absolute Gasteiger partial charge is 0.491 e. The van der Waals surface area contributed by atoms with Crippen molar-refractivity contribution in [3.8, 4) is 17.5 Å². The third-order valence-corrected chi connectivity index (χ3v) is 5.90. The first-order valence-electron chi connectivity index (χ1n) is 10.8. The van der Waals surface area contributed by atoms with Crippen molar-refractivity contribution in [3.05, 3.63) is 107 Å². The number of benzene rings is 3. The second kappa shape index (κ2) is 8.64. The number of aryl methyl sites for hydroxylation is 1. The van der Waals surface area contributed by atoms with E-state index in [-0.39, 0.29) is 5.91 Å². The molecule has 0 saturated heterocycles. The highest BCUT2D eigenvalue weighted by Gasteiger charge is 2.27. The number of hydrogen-bond donors (Lipinski definition) is 0. The van der Waals surface area contributed by atoms with Crippen molar-refractivity contribution in [2.24, 2.45) is 0 Å². The predicted octanol–water partition coefficient (Wildman–Crippen LogP) is 4.68. The van der Waals surface area contributed by atoms with Crippen molar-refractivity contribution in [1.82, 2.24) is 9.78 Å². The molecule has 1 aliphatic heterocycles. The van der Waals surface area contributed by atoms with Gasteiger partial charge in [0.2, 0.25) is 0 Å². The van der Waals surface area contributed by atoms with Gasteiger partial charge in [-0.15, -0.1) is 0 Å². The Hall–Kier alpha value is -4.37. The molecule has 33 heavy (non-hydrogen) atoms. The van der Waals surface area contributed by atoms with Crippen LogP contribution in [0.1, 0.15) is 32.6 Å². The zero-order chi connectivity index (χ0) is 22.8. The number of nitrogens with zero attached hydrogens (tertiary/aromatic N) is 4. The Balaban J connectivity index is 1.46. The Morgan fingerprint density at radius 2 is 1.91 bits per heavy atom. The van der Waals surface area contributed by atoms with E-state index >= 15 is 0 Å². The number of para-hydroxylation sites is 1. The summed E-state index contributed by atoms with van der Waals surface area (Å²) < 4.78 is 7.75. The van der Waals surface area contributed by atoms with E-state index < -0.39 is 0 Å². The number of carbonyl (C=O) groups excluding carboxylic acids is 1. The molecule has 6 nitrogen and oxygen atoms in total. The smallest absolute Gasteiger partial charge is 0.262 e. The average Bonchev–Trinajstić information content (AvgIpc) is 3.33. The highest BCUT2D eigenvalue weighted by Crippen LogP contribution is 2.31. The first-order valence-corrected chi connectivity index (χ1v) is 10.8. The number of amides is 1. The maximum atomic E-state index is 13.5. The average molecular weight is 434 g/mol. The molecule has 1 aliphatic rings. The number of carbonyl (C=O) groups is 1. The van der Waals surface area contributed by atoms with Crippen LogP contribution in [0.3, 0.4) is 0 Å². The normalized spacial score (nSPS) is 13.1. The van der Waals surface area contributed by atoms with Crippen molar-refractivity contribution in [2.45, 2.75) is 13.3 Å². The lowest BCUT2D eigenvalue weighted by Gasteiger charge is -2.21. The van der Waals surface area contributed by atoms with E-state index in [1.54, 1.807) is 29.3 Å². The molecule has 0 radical (unpaired) electrons. The van der Waals surface area contributed by atoms with Crippen LogP contribution in [0.5, 0.6) is 5.75 Å². The minimum absolute atomic E-state index is 0.152. The molecule has 3 aromatic carbocycles. The topological polar surface area (TPSA) is 71.2 Å². The fraction of sp³-hybridized carbons (Fsp3) is 0.148. The van der Waals surface area contributed by atoms with E-state index in [2.05, 4.69) is 23.3 Å². The van der Waals surface area contributed by atoms with Crippen LogP contribution in [0.25, 0.3) is 5.69 Å². The van der Waals surface area contributed by atoms with Crippen LogP contribution in [0, 0.1) is 18.3 Å². The van der Waals surface area contributed by atoms with Gasteiger partial charge in [0.15, 0.2) is 0 Å². The maximum absolute atomic E-state index is 13.5. The summed E-state index contributed by atoms with van der Waals surface area (Å²) in [4.78, 5) is 15.2. The number of fused-ring (bicyclic) bond motifs is 1. The fourth-order valence-corrected chi connectivity index (χ4v) is 4.14. The van der Waals surface area contributed by atoms with Crippen LogP contribution in [0.15, 0.2) is 79.1 Å². The van der Waals surface area contributed by atoms with E-state index in [9.17, 15) is 10.1 Å². The number of nitriles is 1. The van der Waals surface area contributed by atoms with Crippen molar-refractivity contribution in [2.75, 3.05) is 18.1 Å². The first kappa shape index (κ1) is 20.5. The van der Waals surface area contributed by atoms with Gasteiger partial charge in [-0.05, 0) is 72.5 Å². The minimum Gasteiger partial charge on any atom is -0.491 e. The second-order valence-corrected chi connectivity index (χ2v) is 8.00. The molecule has 0 fully saturated rings. The van der Waals surface area contributed by atoms with Crippen molar-refractivity contribution < 1.29 is 9.53 Å². The van der Waals surface area contributed by atoms with Crippen LogP contribution < -0.4 is 9.64 Å². The van der Waals surface area contributed by atoms with Crippen LogP contribution >= 0.6 is 0 Å². The molecule has 5 rings (SSSR count). The maximum Gasteiger partial charge on any atom is 0.262 e. The summed E-state index contributed by atoms with van der Waals surface area (Å²) in [5.41, 5.74) is 5.88. The Bertz CT molecular complexity index is 1350. The number of aromatic nitrogens is 2. The number of ether oxygens (including phenoxy) is 1. The van der Waals surface area contributed by atoms with Gasteiger partial charge in [-0.3, -0.25) is 4.79 Å². The van der Waals surface area contributed by atoms with Crippen LogP contribution in [-0.4, -0.2) is 28.8 Å². The highest BCUT2D eigenvalue weighted by atomic mass is 16.5. The fourth-order valence-electron chi connectivity index (χ4n) is 4.14. The van der Waals surface area contributed by atoms with Crippen LogP contribution in [0.2, 0.25) is 0 Å². The standard InChI is InChI=1S/C27H22N4O2/c1-19-15-26-24(27(32)30(13-14-33-26)25-6-3-2-5-21(25)18-28)17-22(19)16-20-7-9-23(10-8-20)31-12-4-11-29-31/h2-12,15,17H,13-14,16H2,1H3. The lowest BCUT2D eigenvalue weighted by molar-refractivity contribution is 0.0989. The molecule has 0 aliphatic carbocycles. The summed E-state index contributed by atoms with van der Waals surface area (Å²) in [7, 11) is 0. The van der Waals surface area contributed by atoms with E-state index in [4.69, 9.17) is 4.74 Å². The van der Waals surface area contributed by atoms with Gasteiger partial charge in [-0.2, -0.15) is 10.4 Å². The Morgan fingerprint density at radius 1 is 1.09 bits per heavy atom. The first-order chi connectivity index (χ1) is 16.1. The highest BCUT2D eigenvalue weighted by molar-refractivity contribution is 6.09. The predicted molar refractivity (Wildman–Crippen MR) is 126 cm³/mol. The van der Waals surface area contributed by atoms with Gasteiger partial charge in [-0.1, -0.05) is 24.3 Å². The van der Waals surface area contributed by atoms with Gasteiger partial charge in [-0.25, -0.2) is 4.68 Å². The summed E-state index contributed by atoms with van der Waals surface area (Å²) >= 11 is 0. The molecule has 0 N–H and O–H groups in total. The molecule has 0 unspecified atom stereocenters. The summed E-state index contributed by atoms with van der Waals surface area (Å²) in [6, 6.07) is 23.4. The molecule has 1 amide bonds. The Morgan fingerprint density at radius 3 is 2.67 bits per heavy atom. The van der Waals surface area contributed by atoms with Gasteiger partial charge in [0, 0.05) is 12.4 Å². The molecular formula is C27H22N4O2. The second-order valence-electron chi connectivity index (χ2n) is 8.00. The van der Waals surface area contributed by atoms with Crippen molar-refractivity contribution in [3.63, 3.8) is 0 Å². The van der Waals surface area contributed by atoms with Gasteiger partial charge < -0.3 is 9.64 Å². The Labute approximate surface area is 192 Å². The number of rotatable bonds is 4. The summed E-state index contributed by atoms with van der Waals surface area (Å²) in [5.74, 6) is 0.438. The molecule has 6 heteroatoms. The van der Waals surface area contributed by atoms with Gasteiger partial charge in [0.1, 0.15) is 18.4 Å². The lowest BCUT2D eigenvalue weighted by atomic mass is 9.97. The summed E-state index contributed by atoms with van der Waals surface area (Å²) in [6.45, 7) is 2.79. The van der Waals surface area contributed by atoms with Crippen LogP contribution in [-0.2, 0) is 6.42 Å². The van der Waals surface area contributed by atoms with Crippen molar-refractivity contribution in [1.29, 1.82) is 5.26 Å². The molecule has 162 valence electrons. The Kier molecular flexibility index (Phi) is 5.37. The number of anilines is 1. The molecule has 0 bridgehead atoms. The minimum atomic E-state index is -0.152. The quantitative estimate of drug-likeness (QED) is 0.468. The number of hydrogen-bond acceptors (Lipinski definition) is 4. The molecule has 2 heterocycles. The van der Waals surface area contributed by atoms with Crippen molar-refractivity contribution >= 4 is 11.6 Å². The molecule has 0 spiro atoms. The third kappa shape index (κ3) is 3.97.